The van der Waals surface area contributed by atoms with Crippen molar-refractivity contribution in [1.82, 2.24) is 10.6 Å². The summed E-state index contributed by atoms with van der Waals surface area (Å²) >= 11 is 0. The lowest BCUT2D eigenvalue weighted by Crippen LogP contribution is -2.46. The minimum atomic E-state index is -0.844. The summed E-state index contributed by atoms with van der Waals surface area (Å²) in [6.45, 7) is 0.187. The van der Waals surface area contributed by atoms with E-state index in [0.717, 1.165) is 22.3 Å². The van der Waals surface area contributed by atoms with Gasteiger partial charge in [-0.3, -0.25) is 9.59 Å². The Labute approximate surface area is 179 Å². The molecule has 0 spiro atoms. The minimum absolute atomic E-state index is 0.0212. The standard InChI is InChI=1S/C24H22N2O5/c27-22(26-16-12-15(13-16)23(28)29)10-5-11-25-24(30)31-14-21-19-8-3-1-6-17(19)18-7-2-4-9-20(18)21/h1-4,6-9,15-16,21H,11-14H2,(H,25,30)(H,26,27)(H,28,29). The lowest BCUT2D eigenvalue weighted by Gasteiger charge is -2.32. The molecule has 158 valence electrons. The number of carboxylic acids is 1. The third kappa shape index (κ3) is 4.53. The first-order valence-electron chi connectivity index (χ1n) is 10.1. The van der Waals surface area contributed by atoms with Gasteiger partial charge >= 0.3 is 12.1 Å². The van der Waals surface area contributed by atoms with Crippen LogP contribution in [-0.2, 0) is 14.3 Å². The van der Waals surface area contributed by atoms with Gasteiger partial charge in [0.25, 0.3) is 5.91 Å². The monoisotopic (exact) mass is 418 g/mol. The lowest BCUT2D eigenvalue weighted by atomic mass is 9.80. The van der Waals surface area contributed by atoms with Crippen molar-refractivity contribution in [2.24, 2.45) is 5.92 Å². The van der Waals surface area contributed by atoms with Gasteiger partial charge in [-0.05, 0) is 41.0 Å². The largest absolute Gasteiger partial charge is 0.481 e. The van der Waals surface area contributed by atoms with Gasteiger partial charge in [0.05, 0.1) is 12.5 Å². The number of hydrogen-bond donors (Lipinski definition) is 3. The van der Waals surface area contributed by atoms with Crippen LogP contribution in [0.4, 0.5) is 4.79 Å². The number of rotatable bonds is 5. The Balaban J connectivity index is 1.23. The first kappa shape index (κ1) is 20.5. The molecule has 7 heteroatoms. The number of carbonyl (C=O) groups excluding carboxylic acids is 2. The van der Waals surface area contributed by atoms with Crippen molar-refractivity contribution < 1.29 is 24.2 Å². The summed E-state index contributed by atoms with van der Waals surface area (Å²) in [5.41, 5.74) is 4.58. The van der Waals surface area contributed by atoms with E-state index in [1.54, 1.807) is 0 Å². The third-order valence-corrected chi connectivity index (χ3v) is 5.69. The predicted molar refractivity (Wildman–Crippen MR) is 113 cm³/mol. The van der Waals surface area contributed by atoms with Gasteiger partial charge in [0.15, 0.2) is 0 Å². The van der Waals surface area contributed by atoms with E-state index in [1.165, 1.54) is 0 Å². The topological polar surface area (TPSA) is 105 Å². The number of aliphatic carboxylic acids is 1. The van der Waals surface area contributed by atoms with Crippen molar-refractivity contribution in [3.05, 3.63) is 59.7 Å². The van der Waals surface area contributed by atoms with Crippen molar-refractivity contribution in [1.29, 1.82) is 0 Å². The van der Waals surface area contributed by atoms with E-state index in [9.17, 15) is 14.4 Å². The fraction of sp³-hybridized carbons (Fsp3) is 0.292. The molecule has 0 unspecified atom stereocenters. The fourth-order valence-electron chi connectivity index (χ4n) is 4.05. The molecule has 0 atom stereocenters. The summed E-state index contributed by atoms with van der Waals surface area (Å²) in [5, 5.41) is 14.0. The zero-order valence-electron chi connectivity index (χ0n) is 16.8. The number of benzene rings is 2. The van der Waals surface area contributed by atoms with Crippen LogP contribution in [-0.4, -0.2) is 42.3 Å². The number of fused-ring (bicyclic) bond motifs is 3. The van der Waals surface area contributed by atoms with Crippen LogP contribution in [0.3, 0.4) is 0 Å². The average molecular weight is 418 g/mol. The second kappa shape index (κ2) is 8.92. The Bertz CT molecular complexity index is 1030. The van der Waals surface area contributed by atoms with Crippen LogP contribution >= 0.6 is 0 Å². The zero-order chi connectivity index (χ0) is 21.8. The smallest absolute Gasteiger partial charge is 0.407 e. The van der Waals surface area contributed by atoms with Gasteiger partial charge < -0.3 is 20.5 Å². The van der Waals surface area contributed by atoms with Gasteiger partial charge in [0, 0.05) is 12.0 Å². The number of nitrogens with one attached hydrogen (secondary N) is 2. The van der Waals surface area contributed by atoms with Crippen molar-refractivity contribution in [2.45, 2.75) is 24.8 Å². The van der Waals surface area contributed by atoms with Gasteiger partial charge in [0.2, 0.25) is 0 Å². The van der Waals surface area contributed by atoms with E-state index in [4.69, 9.17) is 9.84 Å². The van der Waals surface area contributed by atoms with Crippen LogP contribution in [0.2, 0.25) is 0 Å². The van der Waals surface area contributed by atoms with Gasteiger partial charge in [0.1, 0.15) is 6.61 Å². The normalized spacial score (nSPS) is 18.5. The summed E-state index contributed by atoms with van der Waals surface area (Å²) in [7, 11) is 0. The molecule has 0 radical (unpaired) electrons. The molecule has 1 fully saturated rings. The minimum Gasteiger partial charge on any atom is -0.481 e. The maximum Gasteiger partial charge on any atom is 0.407 e. The molecule has 2 amide bonds. The van der Waals surface area contributed by atoms with E-state index in [1.807, 2.05) is 36.4 Å². The molecular weight excluding hydrogens is 396 g/mol. The fourth-order valence-corrected chi connectivity index (χ4v) is 4.05. The van der Waals surface area contributed by atoms with Crippen molar-refractivity contribution >= 4 is 18.0 Å². The first-order chi connectivity index (χ1) is 15.0. The number of carbonyl (C=O) groups is 3. The van der Waals surface area contributed by atoms with E-state index in [0.29, 0.717) is 12.8 Å². The molecule has 0 aliphatic heterocycles. The SMILES string of the molecule is O=C(C#CCNC(=O)OCC1c2ccccc2-c2ccccc21)NC1CC(C(=O)O)C1. The Hall–Kier alpha value is -3.79. The van der Waals surface area contributed by atoms with Gasteiger partial charge in [-0.2, -0.15) is 0 Å². The van der Waals surface area contributed by atoms with E-state index >= 15 is 0 Å². The molecule has 0 bridgehead atoms. The Morgan fingerprint density at radius 2 is 1.61 bits per heavy atom. The van der Waals surface area contributed by atoms with Crippen LogP contribution < -0.4 is 10.6 Å². The maximum atomic E-state index is 12.0. The second-order valence-electron chi connectivity index (χ2n) is 7.66. The highest BCUT2D eigenvalue weighted by Gasteiger charge is 2.35. The van der Waals surface area contributed by atoms with Gasteiger partial charge in [-0.1, -0.05) is 54.5 Å². The highest BCUT2D eigenvalue weighted by atomic mass is 16.5. The number of ether oxygens (including phenoxy) is 1. The van der Waals surface area contributed by atoms with Crippen molar-refractivity contribution in [3.8, 4) is 23.0 Å². The number of alkyl carbamates (subject to hydrolysis) is 1. The van der Waals surface area contributed by atoms with E-state index in [-0.39, 0.29) is 25.1 Å². The summed E-state index contributed by atoms with van der Waals surface area (Å²) < 4.78 is 5.40. The van der Waals surface area contributed by atoms with E-state index in [2.05, 4.69) is 34.6 Å². The van der Waals surface area contributed by atoms with Gasteiger partial charge in [-0.25, -0.2) is 4.79 Å². The lowest BCUT2D eigenvalue weighted by molar-refractivity contribution is -0.146. The highest BCUT2D eigenvalue weighted by Crippen LogP contribution is 2.44. The predicted octanol–water partition coefficient (Wildman–Crippen LogP) is 2.51. The molecule has 2 aliphatic rings. The van der Waals surface area contributed by atoms with Crippen LogP contribution in [0.25, 0.3) is 11.1 Å². The quantitative estimate of drug-likeness (QED) is 0.647. The molecule has 1 saturated carbocycles. The average Bonchev–Trinajstić information content (AvgIpc) is 3.05. The van der Waals surface area contributed by atoms with Crippen LogP contribution in [0, 0.1) is 17.8 Å². The highest BCUT2D eigenvalue weighted by molar-refractivity contribution is 5.94. The molecule has 2 aliphatic carbocycles. The van der Waals surface area contributed by atoms with Gasteiger partial charge in [-0.15, -0.1) is 0 Å². The first-order valence-corrected chi connectivity index (χ1v) is 10.1. The molecule has 3 N–H and O–H groups in total. The van der Waals surface area contributed by atoms with Crippen LogP contribution in [0.1, 0.15) is 29.9 Å². The Morgan fingerprint density at radius 1 is 1.00 bits per heavy atom. The summed E-state index contributed by atoms with van der Waals surface area (Å²) in [4.78, 5) is 34.5. The maximum absolute atomic E-state index is 12.0. The summed E-state index contributed by atoms with van der Waals surface area (Å²) in [5.74, 6) is 3.22. The molecule has 7 nitrogen and oxygen atoms in total. The van der Waals surface area contributed by atoms with E-state index < -0.39 is 23.9 Å². The van der Waals surface area contributed by atoms with Crippen molar-refractivity contribution in [3.63, 3.8) is 0 Å². The number of carboxylic acid groups (broad SMARTS) is 1. The second-order valence-corrected chi connectivity index (χ2v) is 7.66. The molecule has 0 heterocycles. The molecule has 2 aromatic carbocycles. The van der Waals surface area contributed by atoms with Crippen molar-refractivity contribution in [2.75, 3.05) is 13.2 Å². The molecule has 0 saturated heterocycles. The Morgan fingerprint density at radius 3 is 2.23 bits per heavy atom. The third-order valence-electron chi connectivity index (χ3n) is 5.69. The molecule has 0 aromatic heterocycles. The number of amides is 2. The van der Waals surface area contributed by atoms with Crippen LogP contribution in [0.15, 0.2) is 48.5 Å². The summed E-state index contributed by atoms with van der Waals surface area (Å²) in [6, 6.07) is 16.0. The Kier molecular flexibility index (Phi) is 5.89. The summed E-state index contributed by atoms with van der Waals surface area (Å²) in [6.07, 6.45) is 0.237. The molecule has 31 heavy (non-hydrogen) atoms. The molecule has 4 rings (SSSR count). The molecular formula is C24H22N2O5. The zero-order valence-corrected chi connectivity index (χ0v) is 16.8. The number of hydrogen-bond acceptors (Lipinski definition) is 4. The van der Waals surface area contributed by atoms with Crippen LogP contribution in [0.5, 0.6) is 0 Å². The molecule has 2 aromatic rings.